The van der Waals surface area contributed by atoms with Crippen molar-refractivity contribution in [2.24, 2.45) is 0 Å². The highest BCUT2D eigenvalue weighted by Crippen LogP contribution is 2.36. The summed E-state index contributed by atoms with van der Waals surface area (Å²) in [5.74, 6) is 1.63. The molecule has 152 valence electrons. The Morgan fingerprint density at radius 3 is 2.50 bits per heavy atom. The molecule has 0 saturated heterocycles. The van der Waals surface area contributed by atoms with E-state index >= 15 is 0 Å². The Morgan fingerprint density at radius 1 is 0.900 bits per heavy atom. The van der Waals surface area contributed by atoms with Gasteiger partial charge in [-0.05, 0) is 55.2 Å². The topological polar surface area (TPSA) is 41.1 Å². The Labute approximate surface area is 183 Å². The van der Waals surface area contributed by atoms with Gasteiger partial charge in [-0.3, -0.25) is 0 Å². The first-order valence-electron chi connectivity index (χ1n) is 10.1. The van der Waals surface area contributed by atoms with E-state index < -0.39 is 0 Å². The Kier molecular flexibility index (Phi) is 5.60. The normalized spacial score (nSPS) is 15.4. The molecule has 30 heavy (non-hydrogen) atoms. The van der Waals surface area contributed by atoms with Gasteiger partial charge in [0.15, 0.2) is 0 Å². The molecule has 0 aliphatic carbocycles. The summed E-state index contributed by atoms with van der Waals surface area (Å²) in [6, 6.07) is 25.5. The lowest BCUT2D eigenvalue weighted by molar-refractivity contribution is 0.619. The summed E-state index contributed by atoms with van der Waals surface area (Å²) >= 11 is 0. The molecular weight excluding hydrogens is 392 g/mol. The van der Waals surface area contributed by atoms with Gasteiger partial charge in [-0.2, -0.15) is 4.98 Å². The number of hydrogen-bond donors (Lipinski definition) is 1. The van der Waals surface area contributed by atoms with Crippen molar-refractivity contribution in [2.45, 2.75) is 26.3 Å². The Balaban J connectivity index is 0.00000218. The van der Waals surface area contributed by atoms with Gasteiger partial charge in [0, 0.05) is 17.6 Å². The van der Waals surface area contributed by atoms with Crippen LogP contribution in [0.3, 0.4) is 0 Å². The van der Waals surface area contributed by atoms with Crippen molar-refractivity contribution in [3.63, 3.8) is 0 Å². The maximum absolute atomic E-state index is 4.99. The van der Waals surface area contributed by atoms with E-state index in [9.17, 15) is 0 Å². The average molecular weight is 417 g/mol. The maximum atomic E-state index is 4.99. The zero-order chi connectivity index (χ0) is 19.8. The van der Waals surface area contributed by atoms with Crippen molar-refractivity contribution in [3.05, 3.63) is 89.5 Å². The van der Waals surface area contributed by atoms with Gasteiger partial charge in [-0.1, -0.05) is 54.6 Å². The van der Waals surface area contributed by atoms with Crippen LogP contribution in [0.2, 0.25) is 0 Å². The minimum atomic E-state index is 0. The first kappa shape index (κ1) is 20.2. The predicted molar refractivity (Wildman–Crippen MR) is 127 cm³/mol. The summed E-state index contributed by atoms with van der Waals surface area (Å²) in [6.07, 6.45) is 1.03. The molecule has 0 spiro atoms. The average Bonchev–Trinajstić information content (AvgIpc) is 2.75. The molecule has 1 aliphatic heterocycles. The minimum Gasteiger partial charge on any atom is -0.349 e. The van der Waals surface area contributed by atoms with E-state index in [1.165, 1.54) is 16.7 Å². The first-order valence-corrected chi connectivity index (χ1v) is 10.1. The summed E-state index contributed by atoms with van der Waals surface area (Å²) in [6.45, 7) is 5.31. The summed E-state index contributed by atoms with van der Waals surface area (Å²) in [7, 11) is 0. The molecule has 2 heterocycles. The molecular formula is C25H25ClN4. The van der Waals surface area contributed by atoms with Gasteiger partial charge in [0.05, 0.1) is 11.6 Å². The second-order valence-corrected chi connectivity index (χ2v) is 7.65. The molecule has 1 aliphatic rings. The van der Waals surface area contributed by atoms with Crippen LogP contribution < -0.4 is 10.2 Å². The van der Waals surface area contributed by atoms with Crippen LogP contribution >= 0.6 is 12.4 Å². The fourth-order valence-electron chi connectivity index (χ4n) is 4.23. The molecule has 4 nitrogen and oxygen atoms in total. The number of aromatic nitrogens is 2. The number of fused-ring (bicyclic) bond motifs is 2. The lowest BCUT2D eigenvalue weighted by Crippen LogP contribution is -2.34. The molecule has 0 amide bonds. The van der Waals surface area contributed by atoms with E-state index in [0.29, 0.717) is 5.95 Å². The number of anilines is 3. The van der Waals surface area contributed by atoms with Crippen molar-refractivity contribution in [1.29, 1.82) is 0 Å². The smallest absolute Gasteiger partial charge is 0.229 e. The lowest BCUT2D eigenvalue weighted by Gasteiger charge is -2.36. The van der Waals surface area contributed by atoms with Crippen LogP contribution in [0.5, 0.6) is 0 Å². The molecule has 0 radical (unpaired) electrons. The minimum absolute atomic E-state index is 0. The van der Waals surface area contributed by atoms with E-state index in [1.54, 1.807) is 0 Å². The number of nitrogens with one attached hydrogen (secondary N) is 1. The van der Waals surface area contributed by atoms with E-state index in [0.717, 1.165) is 35.4 Å². The maximum Gasteiger partial charge on any atom is 0.229 e. The number of aryl methyl sites for hydroxylation is 1. The number of hydrogen-bond acceptors (Lipinski definition) is 4. The van der Waals surface area contributed by atoms with E-state index in [4.69, 9.17) is 9.97 Å². The molecule has 3 aromatic carbocycles. The molecule has 5 heteroatoms. The quantitative estimate of drug-likeness (QED) is 0.430. The van der Waals surface area contributed by atoms with Crippen LogP contribution in [-0.4, -0.2) is 16.5 Å². The number of nitrogens with zero attached hydrogens (tertiary/aromatic N) is 3. The Hall–Kier alpha value is -3.11. The number of rotatable bonds is 3. The Bertz CT molecular complexity index is 1190. The molecule has 0 saturated carbocycles. The van der Waals surface area contributed by atoms with E-state index in [1.807, 2.05) is 18.2 Å². The van der Waals surface area contributed by atoms with Crippen LogP contribution in [0.15, 0.2) is 72.8 Å². The number of halogens is 1. The number of para-hydroxylation sites is 2. The SMILES string of the molecule is Cc1ccccc1Nc1nc(N2CCc3ccccc3C2C)c2ccccc2n1.Cl. The third-order valence-electron chi connectivity index (χ3n) is 5.84. The lowest BCUT2D eigenvalue weighted by atomic mass is 9.93. The van der Waals surface area contributed by atoms with Crippen LogP contribution in [0.25, 0.3) is 10.9 Å². The van der Waals surface area contributed by atoms with Crippen molar-refractivity contribution in [3.8, 4) is 0 Å². The molecule has 1 aromatic heterocycles. The van der Waals surface area contributed by atoms with E-state index in [-0.39, 0.29) is 18.4 Å². The second-order valence-electron chi connectivity index (χ2n) is 7.65. The molecule has 0 fully saturated rings. The van der Waals surface area contributed by atoms with Gasteiger partial charge < -0.3 is 10.2 Å². The van der Waals surface area contributed by atoms with Gasteiger partial charge in [0.25, 0.3) is 0 Å². The third-order valence-corrected chi connectivity index (χ3v) is 5.84. The van der Waals surface area contributed by atoms with Gasteiger partial charge >= 0.3 is 0 Å². The highest BCUT2D eigenvalue weighted by molar-refractivity contribution is 5.91. The predicted octanol–water partition coefficient (Wildman–Crippen LogP) is 6.23. The van der Waals surface area contributed by atoms with Crippen molar-refractivity contribution in [2.75, 3.05) is 16.8 Å². The van der Waals surface area contributed by atoms with Crippen LogP contribution in [0.1, 0.15) is 29.7 Å². The summed E-state index contributed by atoms with van der Waals surface area (Å²) < 4.78 is 0. The van der Waals surface area contributed by atoms with Crippen LogP contribution in [0, 0.1) is 6.92 Å². The van der Waals surface area contributed by atoms with Crippen LogP contribution in [-0.2, 0) is 6.42 Å². The summed E-state index contributed by atoms with van der Waals surface area (Å²) in [5, 5.41) is 4.52. The fourth-order valence-corrected chi connectivity index (χ4v) is 4.23. The largest absolute Gasteiger partial charge is 0.349 e. The highest BCUT2D eigenvalue weighted by Gasteiger charge is 2.26. The van der Waals surface area contributed by atoms with Gasteiger partial charge in [-0.25, -0.2) is 4.98 Å². The van der Waals surface area contributed by atoms with Crippen molar-refractivity contribution in [1.82, 2.24) is 9.97 Å². The van der Waals surface area contributed by atoms with Gasteiger partial charge in [0.2, 0.25) is 5.95 Å². The second kappa shape index (κ2) is 8.33. The molecule has 1 unspecified atom stereocenters. The van der Waals surface area contributed by atoms with Gasteiger partial charge in [0.1, 0.15) is 5.82 Å². The van der Waals surface area contributed by atoms with E-state index in [2.05, 4.69) is 78.7 Å². The molecule has 5 rings (SSSR count). The Morgan fingerprint density at radius 2 is 1.63 bits per heavy atom. The standard InChI is InChI=1S/C25H24N4.ClH/c1-17-9-3-7-13-22(17)26-25-27-23-14-8-6-12-21(23)24(28-25)29-16-15-19-10-4-5-11-20(19)18(29)2;/h3-14,18H,15-16H2,1-2H3,(H,26,27,28);1H. The fraction of sp³-hybridized carbons (Fsp3) is 0.200. The highest BCUT2D eigenvalue weighted by atomic mass is 35.5. The monoisotopic (exact) mass is 416 g/mol. The van der Waals surface area contributed by atoms with Crippen molar-refractivity contribution < 1.29 is 0 Å². The van der Waals surface area contributed by atoms with Crippen molar-refractivity contribution >= 4 is 40.8 Å². The molecule has 1 N–H and O–H groups in total. The molecule has 4 aromatic rings. The summed E-state index contributed by atoms with van der Waals surface area (Å²) in [4.78, 5) is 12.2. The van der Waals surface area contributed by atoms with Crippen LogP contribution in [0.4, 0.5) is 17.5 Å². The zero-order valence-electron chi connectivity index (χ0n) is 17.2. The first-order chi connectivity index (χ1) is 14.2. The molecule has 1 atom stereocenters. The zero-order valence-corrected chi connectivity index (χ0v) is 18.0. The van der Waals surface area contributed by atoms with Gasteiger partial charge in [-0.15, -0.1) is 12.4 Å². The summed E-state index contributed by atoms with van der Waals surface area (Å²) in [5.41, 5.74) is 5.99. The molecule has 0 bridgehead atoms. The third kappa shape index (κ3) is 3.59. The number of benzene rings is 3.